The summed E-state index contributed by atoms with van der Waals surface area (Å²) in [5.41, 5.74) is 5.71. The fourth-order valence-corrected chi connectivity index (χ4v) is 0.808. The van der Waals surface area contributed by atoms with E-state index >= 15 is 0 Å². The molecule has 0 aliphatic carbocycles. The van der Waals surface area contributed by atoms with Crippen LogP contribution in [0.3, 0.4) is 0 Å². The Morgan fingerprint density at radius 1 is 1.40 bits per heavy atom. The Morgan fingerprint density at radius 2 is 1.93 bits per heavy atom. The molecule has 15 heavy (non-hydrogen) atoms. The summed E-state index contributed by atoms with van der Waals surface area (Å²) in [6, 6.07) is 0. The van der Waals surface area contributed by atoms with Crippen molar-refractivity contribution in [2.24, 2.45) is 5.73 Å². The van der Waals surface area contributed by atoms with Gasteiger partial charge >= 0.3 is 6.18 Å². The van der Waals surface area contributed by atoms with Crippen LogP contribution in [0, 0.1) is 0 Å². The molecule has 1 aromatic rings. The lowest BCUT2D eigenvalue weighted by Crippen LogP contribution is -2.19. The molecule has 0 saturated heterocycles. The largest absolute Gasteiger partial charge is 0.451 e. The number of aromatic nitrogens is 2. The van der Waals surface area contributed by atoms with E-state index in [1.54, 1.807) is 0 Å². The van der Waals surface area contributed by atoms with Gasteiger partial charge in [-0.15, -0.1) is 0 Å². The highest BCUT2D eigenvalue weighted by Crippen LogP contribution is 2.25. The molecule has 82 valence electrons. The molecule has 1 heterocycles. The van der Waals surface area contributed by atoms with Crippen LogP contribution >= 0.6 is 0 Å². The second-order valence-electron chi connectivity index (χ2n) is 2.79. The second-order valence-corrected chi connectivity index (χ2v) is 2.79. The fraction of sp³-hybridized carbons (Fsp3) is 0.250. The summed E-state index contributed by atoms with van der Waals surface area (Å²) in [6.07, 6.45) is -2.33. The number of nitrogens with one attached hydrogen (secondary N) is 1. The van der Waals surface area contributed by atoms with Crippen molar-refractivity contribution in [1.82, 2.24) is 15.3 Å². The van der Waals surface area contributed by atoms with Gasteiger partial charge < -0.3 is 11.1 Å². The zero-order chi connectivity index (χ0) is 11.5. The van der Waals surface area contributed by atoms with Crippen molar-refractivity contribution in [2.45, 2.75) is 12.7 Å². The Balaban J connectivity index is 2.69. The maximum absolute atomic E-state index is 12.1. The standard InChI is InChI=1S/C8H9F3N4/c1-5(12)13-2-6-3-14-7(15-4-6)8(9,10)11/h3-4,13H,1-2,12H2. The molecule has 0 aliphatic rings. The van der Waals surface area contributed by atoms with Crippen molar-refractivity contribution in [2.75, 3.05) is 0 Å². The number of rotatable bonds is 3. The molecule has 0 fully saturated rings. The first-order valence-corrected chi connectivity index (χ1v) is 3.96. The average Bonchev–Trinajstić information content (AvgIpc) is 2.14. The van der Waals surface area contributed by atoms with E-state index in [-0.39, 0.29) is 12.4 Å². The molecule has 0 spiro atoms. The molecular weight excluding hydrogens is 209 g/mol. The minimum Gasteiger partial charge on any atom is -0.386 e. The van der Waals surface area contributed by atoms with E-state index in [2.05, 4.69) is 21.9 Å². The first-order valence-electron chi connectivity index (χ1n) is 3.96. The smallest absolute Gasteiger partial charge is 0.386 e. The molecule has 0 aliphatic heterocycles. The predicted octanol–water partition coefficient (Wildman–Crippen LogP) is 1.01. The number of nitrogens with two attached hydrogens (primary N) is 1. The van der Waals surface area contributed by atoms with E-state index in [0.717, 1.165) is 12.4 Å². The third-order valence-electron chi connectivity index (χ3n) is 1.48. The molecule has 0 amide bonds. The summed E-state index contributed by atoms with van der Waals surface area (Å²) in [7, 11) is 0. The van der Waals surface area contributed by atoms with Crippen LogP contribution in [0.5, 0.6) is 0 Å². The van der Waals surface area contributed by atoms with Gasteiger partial charge in [0.1, 0.15) is 0 Å². The van der Waals surface area contributed by atoms with Gasteiger partial charge in [-0.25, -0.2) is 9.97 Å². The lowest BCUT2D eigenvalue weighted by molar-refractivity contribution is -0.145. The molecule has 4 nitrogen and oxygen atoms in total. The van der Waals surface area contributed by atoms with Crippen LogP contribution in [0.25, 0.3) is 0 Å². The van der Waals surface area contributed by atoms with Crippen molar-refractivity contribution in [3.8, 4) is 0 Å². The van der Waals surface area contributed by atoms with E-state index in [0.29, 0.717) is 5.56 Å². The Labute approximate surface area is 84.0 Å². The fourth-order valence-electron chi connectivity index (χ4n) is 0.808. The van der Waals surface area contributed by atoms with Crippen LogP contribution in [0.2, 0.25) is 0 Å². The van der Waals surface area contributed by atoms with Gasteiger partial charge in [-0.1, -0.05) is 6.58 Å². The van der Waals surface area contributed by atoms with Crippen molar-refractivity contribution >= 4 is 0 Å². The van der Waals surface area contributed by atoms with E-state index in [4.69, 9.17) is 5.73 Å². The van der Waals surface area contributed by atoms with E-state index < -0.39 is 12.0 Å². The Hall–Kier alpha value is -1.79. The van der Waals surface area contributed by atoms with Gasteiger partial charge in [0.2, 0.25) is 5.82 Å². The summed E-state index contributed by atoms with van der Waals surface area (Å²) < 4.78 is 36.2. The first-order chi connectivity index (χ1) is 6.89. The van der Waals surface area contributed by atoms with Gasteiger partial charge in [0, 0.05) is 24.5 Å². The van der Waals surface area contributed by atoms with Gasteiger partial charge in [0.25, 0.3) is 0 Å². The Kier molecular flexibility index (Phi) is 3.13. The van der Waals surface area contributed by atoms with Crippen molar-refractivity contribution in [3.63, 3.8) is 0 Å². The summed E-state index contributed by atoms with van der Waals surface area (Å²) >= 11 is 0. The van der Waals surface area contributed by atoms with E-state index in [1.807, 2.05) is 0 Å². The van der Waals surface area contributed by atoms with Crippen LogP contribution in [-0.4, -0.2) is 9.97 Å². The molecule has 0 bridgehead atoms. The number of halogens is 3. The monoisotopic (exact) mass is 218 g/mol. The molecule has 0 unspecified atom stereocenters. The topological polar surface area (TPSA) is 63.8 Å². The quantitative estimate of drug-likeness (QED) is 0.794. The van der Waals surface area contributed by atoms with Gasteiger partial charge in [-0.3, -0.25) is 0 Å². The maximum Gasteiger partial charge on any atom is 0.451 e. The number of hydrogen-bond acceptors (Lipinski definition) is 4. The van der Waals surface area contributed by atoms with Crippen LogP contribution in [-0.2, 0) is 12.7 Å². The lowest BCUT2D eigenvalue weighted by atomic mass is 10.3. The van der Waals surface area contributed by atoms with Crippen LogP contribution < -0.4 is 11.1 Å². The van der Waals surface area contributed by atoms with Gasteiger partial charge in [-0.05, 0) is 0 Å². The summed E-state index contributed by atoms with van der Waals surface area (Å²) in [6.45, 7) is 3.62. The SMILES string of the molecule is C=C(N)NCc1cnc(C(F)(F)F)nc1. The third-order valence-corrected chi connectivity index (χ3v) is 1.48. The van der Waals surface area contributed by atoms with Crippen LogP contribution in [0.4, 0.5) is 13.2 Å². The zero-order valence-electron chi connectivity index (χ0n) is 7.67. The molecule has 0 aromatic carbocycles. The molecule has 0 radical (unpaired) electrons. The highest BCUT2D eigenvalue weighted by Gasteiger charge is 2.34. The lowest BCUT2D eigenvalue weighted by Gasteiger charge is -2.06. The number of alkyl halides is 3. The summed E-state index contributed by atoms with van der Waals surface area (Å²) in [5, 5.41) is 2.64. The minimum absolute atomic E-state index is 0.231. The molecule has 7 heteroatoms. The van der Waals surface area contributed by atoms with Gasteiger partial charge in [-0.2, -0.15) is 13.2 Å². The summed E-state index contributed by atoms with van der Waals surface area (Å²) in [4.78, 5) is 6.36. The molecule has 0 atom stereocenters. The highest BCUT2D eigenvalue weighted by atomic mass is 19.4. The molecule has 1 aromatic heterocycles. The van der Waals surface area contributed by atoms with E-state index in [9.17, 15) is 13.2 Å². The molecular formula is C8H9F3N4. The Morgan fingerprint density at radius 3 is 2.33 bits per heavy atom. The highest BCUT2D eigenvalue weighted by molar-refractivity contribution is 5.07. The molecule has 3 N–H and O–H groups in total. The zero-order valence-corrected chi connectivity index (χ0v) is 7.67. The van der Waals surface area contributed by atoms with Crippen LogP contribution in [0.1, 0.15) is 11.4 Å². The van der Waals surface area contributed by atoms with Gasteiger partial charge in [0.15, 0.2) is 0 Å². The van der Waals surface area contributed by atoms with E-state index in [1.165, 1.54) is 0 Å². The van der Waals surface area contributed by atoms with Gasteiger partial charge in [0.05, 0.1) is 5.82 Å². The van der Waals surface area contributed by atoms with Crippen molar-refractivity contribution in [1.29, 1.82) is 0 Å². The number of hydrogen-bond donors (Lipinski definition) is 2. The normalized spacial score (nSPS) is 11.1. The Bertz CT molecular complexity index is 344. The van der Waals surface area contributed by atoms with Crippen molar-refractivity contribution < 1.29 is 13.2 Å². The predicted molar refractivity (Wildman–Crippen MR) is 47.2 cm³/mol. The first kappa shape index (κ1) is 11.3. The maximum atomic E-state index is 12.1. The van der Waals surface area contributed by atoms with Crippen molar-refractivity contribution in [3.05, 3.63) is 36.2 Å². The molecule has 1 rings (SSSR count). The van der Waals surface area contributed by atoms with Crippen LogP contribution in [0.15, 0.2) is 24.8 Å². The third kappa shape index (κ3) is 3.45. The summed E-state index contributed by atoms with van der Waals surface area (Å²) in [5.74, 6) is -0.923. The molecule has 0 saturated carbocycles. The minimum atomic E-state index is -4.51. The second kappa shape index (κ2) is 4.16. The average molecular weight is 218 g/mol. The number of nitrogens with zero attached hydrogens (tertiary/aromatic N) is 2.